The van der Waals surface area contributed by atoms with Crippen molar-refractivity contribution in [1.82, 2.24) is 10.0 Å². The number of sulfonamides is 1. The van der Waals surface area contributed by atoms with Crippen LogP contribution in [0.15, 0.2) is 53.4 Å². The molecule has 0 spiro atoms. The third-order valence-corrected chi connectivity index (χ3v) is 4.98. The highest BCUT2D eigenvalue weighted by atomic mass is 32.2. The van der Waals surface area contributed by atoms with Crippen molar-refractivity contribution in [2.45, 2.75) is 31.7 Å². The fourth-order valence-electron chi connectivity index (χ4n) is 2.11. The molecule has 2 N–H and O–H groups in total. The van der Waals surface area contributed by atoms with Crippen molar-refractivity contribution in [3.63, 3.8) is 0 Å². The van der Waals surface area contributed by atoms with E-state index in [1.807, 2.05) is 38.1 Å². The minimum absolute atomic E-state index is 0.0962. The fraction of sp³-hybridized carbons (Fsp3) is 0.278. The summed E-state index contributed by atoms with van der Waals surface area (Å²) in [4.78, 5) is 12.3. The largest absolute Gasteiger partial charge is 0.348 e. The molecule has 24 heavy (non-hydrogen) atoms. The Bertz CT molecular complexity index is 799. The quantitative estimate of drug-likeness (QED) is 0.809. The SMILES string of the molecule is CCCNS(=O)(=O)c1cccc(C(=O)NCc2ccc(C)cc2)c1. The molecule has 0 heterocycles. The molecule has 0 aliphatic carbocycles. The number of aryl methyl sites for hydroxylation is 1. The molecule has 5 nitrogen and oxygen atoms in total. The Hall–Kier alpha value is -2.18. The van der Waals surface area contributed by atoms with Crippen molar-refractivity contribution in [2.24, 2.45) is 0 Å². The summed E-state index contributed by atoms with van der Waals surface area (Å²) >= 11 is 0. The molecule has 2 rings (SSSR count). The van der Waals surface area contributed by atoms with Crippen LogP contribution in [0.25, 0.3) is 0 Å². The number of rotatable bonds is 7. The van der Waals surface area contributed by atoms with Crippen LogP contribution in [0.3, 0.4) is 0 Å². The first kappa shape index (κ1) is 18.2. The van der Waals surface area contributed by atoms with Crippen molar-refractivity contribution in [3.8, 4) is 0 Å². The smallest absolute Gasteiger partial charge is 0.251 e. The highest BCUT2D eigenvalue weighted by Gasteiger charge is 2.15. The van der Waals surface area contributed by atoms with Crippen molar-refractivity contribution >= 4 is 15.9 Å². The fourth-order valence-corrected chi connectivity index (χ4v) is 3.29. The standard InChI is InChI=1S/C18H22N2O3S/c1-3-11-20-24(22,23)17-6-4-5-16(12-17)18(21)19-13-15-9-7-14(2)8-10-15/h4-10,12,20H,3,11,13H2,1-2H3,(H,19,21). The van der Waals surface area contributed by atoms with Gasteiger partial charge in [0.05, 0.1) is 4.90 Å². The molecule has 0 aliphatic heterocycles. The van der Waals surface area contributed by atoms with E-state index in [1.54, 1.807) is 12.1 Å². The molecule has 0 unspecified atom stereocenters. The highest BCUT2D eigenvalue weighted by molar-refractivity contribution is 7.89. The van der Waals surface area contributed by atoms with E-state index in [-0.39, 0.29) is 10.8 Å². The average Bonchev–Trinajstić information content (AvgIpc) is 2.59. The molecule has 2 aromatic rings. The average molecular weight is 346 g/mol. The molecule has 0 atom stereocenters. The van der Waals surface area contributed by atoms with E-state index in [4.69, 9.17) is 0 Å². The van der Waals surface area contributed by atoms with Crippen LogP contribution in [0.2, 0.25) is 0 Å². The summed E-state index contributed by atoms with van der Waals surface area (Å²) in [7, 11) is -3.58. The number of benzene rings is 2. The zero-order valence-corrected chi connectivity index (χ0v) is 14.7. The van der Waals surface area contributed by atoms with Crippen molar-refractivity contribution < 1.29 is 13.2 Å². The van der Waals surface area contributed by atoms with E-state index in [0.717, 1.165) is 11.1 Å². The first-order chi connectivity index (χ1) is 11.4. The van der Waals surface area contributed by atoms with Crippen LogP contribution in [0.1, 0.15) is 34.8 Å². The van der Waals surface area contributed by atoms with Gasteiger partial charge in [0.2, 0.25) is 10.0 Å². The lowest BCUT2D eigenvalue weighted by atomic mass is 10.1. The number of carbonyl (C=O) groups excluding carboxylic acids is 1. The molecule has 0 saturated heterocycles. The molecule has 0 fully saturated rings. The van der Waals surface area contributed by atoms with Crippen LogP contribution in [0.4, 0.5) is 0 Å². The van der Waals surface area contributed by atoms with E-state index in [2.05, 4.69) is 10.0 Å². The zero-order valence-electron chi connectivity index (χ0n) is 13.9. The van der Waals surface area contributed by atoms with Gasteiger partial charge in [-0.25, -0.2) is 13.1 Å². The second-order valence-electron chi connectivity index (χ2n) is 5.59. The lowest BCUT2D eigenvalue weighted by Crippen LogP contribution is -2.26. The molecule has 2 aromatic carbocycles. The number of hydrogen-bond donors (Lipinski definition) is 2. The normalized spacial score (nSPS) is 11.2. The van der Waals surface area contributed by atoms with Gasteiger partial charge in [-0.15, -0.1) is 0 Å². The molecular weight excluding hydrogens is 324 g/mol. The van der Waals surface area contributed by atoms with Crippen LogP contribution in [-0.4, -0.2) is 20.9 Å². The van der Waals surface area contributed by atoms with Crippen LogP contribution in [0, 0.1) is 6.92 Å². The topological polar surface area (TPSA) is 75.3 Å². The minimum Gasteiger partial charge on any atom is -0.348 e. The molecule has 128 valence electrons. The monoisotopic (exact) mass is 346 g/mol. The van der Waals surface area contributed by atoms with Crippen molar-refractivity contribution in [2.75, 3.05) is 6.54 Å². The van der Waals surface area contributed by atoms with Crippen LogP contribution in [-0.2, 0) is 16.6 Å². The number of carbonyl (C=O) groups is 1. The van der Waals surface area contributed by atoms with E-state index < -0.39 is 10.0 Å². The van der Waals surface area contributed by atoms with E-state index in [9.17, 15) is 13.2 Å². The van der Waals surface area contributed by atoms with Gasteiger partial charge >= 0.3 is 0 Å². The molecule has 0 aliphatic rings. The maximum atomic E-state index is 12.3. The van der Waals surface area contributed by atoms with Crippen molar-refractivity contribution in [3.05, 3.63) is 65.2 Å². The molecule has 0 aromatic heterocycles. The molecule has 0 radical (unpaired) electrons. The van der Waals surface area contributed by atoms with Gasteiger partial charge in [-0.05, 0) is 37.1 Å². The van der Waals surface area contributed by atoms with E-state index in [1.165, 1.54) is 12.1 Å². The zero-order chi connectivity index (χ0) is 17.6. The minimum atomic E-state index is -3.58. The van der Waals surface area contributed by atoms with Gasteiger partial charge in [-0.2, -0.15) is 0 Å². The van der Waals surface area contributed by atoms with Crippen LogP contribution >= 0.6 is 0 Å². The Morgan fingerprint density at radius 2 is 1.79 bits per heavy atom. The first-order valence-electron chi connectivity index (χ1n) is 7.86. The lowest BCUT2D eigenvalue weighted by molar-refractivity contribution is 0.0950. The summed E-state index contributed by atoms with van der Waals surface area (Å²) in [5.74, 6) is -0.303. The Morgan fingerprint density at radius 1 is 1.08 bits per heavy atom. The summed E-state index contributed by atoms with van der Waals surface area (Å²) < 4.78 is 26.8. The summed E-state index contributed by atoms with van der Waals surface area (Å²) in [6.07, 6.45) is 0.704. The summed E-state index contributed by atoms with van der Waals surface area (Å²) in [5.41, 5.74) is 2.46. The van der Waals surface area contributed by atoms with E-state index >= 15 is 0 Å². The summed E-state index contributed by atoms with van der Waals surface area (Å²) in [6, 6.07) is 13.9. The number of hydrogen-bond acceptors (Lipinski definition) is 3. The molecule has 0 bridgehead atoms. The van der Waals surface area contributed by atoms with Gasteiger partial charge in [-0.3, -0.25) is 4.79 Å². The van der Waals surface area contributed by atoms with Gasteiger partial charge in [0.15, 0.2) is 0 Å². The van der Waals surface area contributed by atoms with Crippen LogP contribution in [0.5, 0.6) is 0 Å². The number of nitrogens with one attached hydrogen (secondary N) is 2. The maximum Gasteiger partial charge on any atom is 0.251 e. The van der Waals surface area contributed by atoms with Gasteiger partial charge < -0.3 is 5.32 Å². The highest BCUT2D eigenvalue weighted by Crippen LogP contribution is 2.12. The predicted molar refractivity (Wildman–Crippen MR) is 94.3 cm³/mol. The lowest BCUT2D eigenvalue weighted by Gasteiger charge is -2.09. The maximum absolute atomic E-state index is 12.3. The predicted octanol–water partition coefficient (Wildman–Crippen LogP) is 2.61. The Labute approximate surface area is 143 Å². The van der Waals surface area contributed by atoms with Crippen LogP contribution < -0.4 is 10.0 Å². The summed E-state index contributed by atoms with van der Waals surface area (Å²) in [5, 5.41) is 2.80. The van der Waals surface area contributed by atoms with Gasteiger partial charge in [0.25, 0.3) is 5.91 Å². The molecule has 0 saturated carbocycles. The second kappa shape index (κ2) is 8.08. The first-order valence-corrected chi connectivity index (χ1v) is 9.34. The van der Waals surface area contributed by atoms with Gasteiger partial charge in [0.1, 0.15) is 0 Å². The van der Waals surface area contributed by atoms with Gasteiger partial charge in [0, 0.05) is 18.7 Å². The number of amides is 1. The Balaban J connectivity index is 2.07. The third kappa shape index (κ3) is 4.91. The summed E-state index contributed by atoms with van der Waals surface area (Å²) in [6.45, 7) is 4.65. The third-order valence-electron chi connectivity index (χ3n) is 3.52. The molecular formula is C18H22N2O3S. The van der Waals surface area contributed by atoms with Crippen molar-refractivity contribution in [1.29, 1.82) is 0 Å². The van der Waals surface area contributed by atoms with Gasteiger partial charge in [-0.1, -0.05) is 42.8 Å². The van der Waals surface area contributed by atoms with E-state index in [0.29, 0.717) is 25.1 Å². The second-order valence-corrected chi connectivity index (χ2v) is 7.36. The molecule has 6 heteroatoms. The Morgan fingerprint density at radius 3 is 2.46 bits per heavy atom. The Kier molecular flexibility index (Phi) is 6.11. The molecule has 1 amide bonds.